The van der Waals surface area contributed by atoms with Crippen LogP contribution < -0.4 is 10.5 Å². The maximum absolute atomic E-state index is 13.1. The molecular formula is C24H20N6O2S. The van der Waals surface area contributed by atoms with Crippen molar-refractivity contribution in [1.82, 2.24) is 24.3 Å². The highest BCUT2D eigenvalue weighted by Crippen LogP contribution is 2.29. The molecule has 3 heterocycles. The fraction of sp³-hybridized carbons (Fsp3) is 0.125. The van der Waals surface area contributed by atoms with E-state index >= 15 is 0 Å². The van der Waals surface area contributed by atoms with E-state index in [1.807, 2.05) is 66.9 Å². The van der Waals surface area contributed by atoms with Gasteiger partial charge in [0.05, 0.1) is 29.8 Å². The number of benzene rings is 2. The average Bonchev–Trinajstić information content (AvgIpc) is 3.45. The van der Waals surface area contributed by atoms with Gasteiger partial charge in [-0.2, -0.15) is 5.10 Å². The van der Waals surface area contributed by atoms with Gasteiger partial charge in [-0.15, -0.1) is 11.3 Å². The molecule has 0 aliphatic rings. The molecule has 1 amide bonds. The van der Waals surface area contributed by atoms with Crippen molar-refractivity contribution in [2.75, 3.05) is 4.90 Å². The fourth-order valence-electron chi connectivity index (χ4n) is 3.59. The van der Waals surface area contributed by atoms with E-state index in [9.17, 15) is 9.59 Å². The van der Waals surface area contributed by atoms with Crippen LogP contribution in [0.15, 0.2) is 77.3 Å². The Morgan fingerprint density at radius 2 is 1.85 bits per heavy atom. The fourth-order valence-corrected chi connectivity index (χ4v) is 4.46. The van der Waals surface area contributed by atoms with E-state index < -0.39 is 0 Å². The molecular weight excluding hydrogens is 436 g/mol. The van der Waals surface area contributed by atoms with Crippen molar-refractivity contribution in [1.29, 1.82) is 0 Å². The molecule has 0 N–H and O–H groups in total. The molecule has 9 heteroatoms. The number of nitrogens with zero attached hydrogens (tertiary/aromatic N) is 6. The van der Waals surface area contributed by atoms with Crippen molar-refractivity contribution < 1.29 is 4.79 Å². The Morgan fingerprint density at radius 1 is 1.09 bits per heavy atom. The van der Waals surface area contributed by atoms with E-state index in [2.05, 4.69) is 15.1 Å². The first-order chi connectivity index (χ1) is 16.0. The molecule has 0 aliphatic heterocycles. The van der Waals surface area contributed by atoms with E-state index in [0.29, 0.717) is 21.9 Å². The molecule has 8 nitrogen and oxygen atoms in total. The van der Waals surface area contributed by atoms with Gasteiger partial charge < -0.3 is 0 Å². The third-order valence-electron chi connectivity index (χ3n) is 5.23. The number of fused-ring (bicyclic) bond motifs is 1. The second kappa shape index (κ2) is 8.44. The van der Waals surface area contributed by atoms with Crippen LogP contribution in [0, 0.1) is 6.92 Å². The Bertz CT molecular complexity index is 1500. The van der Waals surface area contributed by atoms with Gasteiger partial charge in [0.2, 0.25) is 5.91 Å². The molecule has 5 rings (SSSR count). The highest BCUT2D eigenvalue weighted by Gasteiger charge is 2.18. The Labute approximate surface area is 193 Å². The summed E-state index contributed by atoms with van der Waals surface area (Å²) in [6.45, 7) is 3.75. The lowest BCUT2D eigenvalue weighted by atomic mass is 10.2. The number of carbonyl (C=O) groups excluding carboxylic acids is 1. The molecule has 0 radical (unpaired) electrons. The van der Waals surface area contributed by atoms with Crippen LogP contribution in [0.25, 0.3) is 16.7 Å². The zero-order valence-corrected chi connectivity index (χ0v) is 18.9. The van der Waals surface area contributed by atoms with Gasteiger partial charge in [-0.3, -0.25) is 19.1 Å². The lowest BCUT2D eigenvalue weighted by Gasteiger charge is -2.18. The Kier molecular flexibility index (Phi) is 5.31. The number of thiazole rings is 1. The molecule has 0 saturated heterocycles. The van der Waals surface area contributed by atoms with Gasteiger partial charge in [-0.05, 0) is 31.2 Å². The summed E-state index contributed by atoms with van der Waals surface area (Å²) in [6.07, 6.45) is 3.04. The van der Waals surface area contributed by atoms with Crippen LogP contribution in [-0.2, 0) is 11.3 Å². The highest BCUT2D eigenvalue weighted by atomic mass is 32.1. The SMILES string of the molecule is CC(=O)N(c1ccc(C)cc1)c1nc(Cn2cnc3c(cnn3-c3ccccc3)c2=O)cs1. The molecule has 2 aromatic carbocycles. The van der Waals surface area contributed by atoms with E-state index in [-0.39, 0.29) is 18.0 Å². The Balaban J connectivity index is 1.45. The summed E-state index contributed by atoms with van der Waals surface area (Å²) in [5.74, 6) is -0.131. The van der Waals surface area contributed by atoms with Crippen molar-refractivity contribution in [3.63, 3.8) is 0 Å². The van der Waals surface area contributed by atoms with Crippen LogP contribution in [0.2, 0.25) is 0 Å². The number of aromatic nitrogens is 5. The maximum atomic E-state index is 13.1. The second-order valence-corrected chi connectivity index (χ2v) is 8.45. The lowest BCUT2D eigenvalue weighted by Crippen LogP contribution is -2.23. The number of hydrogen-bond donors (Lipinski definition) is 0. The maximum Gasteiger partial charge on any atom is 0.264 e. The number of carbonyl (C=O) groups is 1. The molecule has 0 fully saturated rings. The topological polar surface area (TPSA) is 85.9 Å². The number of anilines is 2. The van der Waals surface area contributed by atoms with Crippen molar-refractivity contribution in [2.45, 2.75) is 20.4 Å². The third kappa shape index (κ3) is 3.94. The molecule has 0 atom stereocenters. The van der Waals surface area contributed by atoms with Gasteiger partial charge in [-0.25, -0.2) is 14.6 Å². The minimum absolute atomic E-state index is 0.131. The van der Waals surface area contributed by atoms with E-state index in [0.717, 1.165) is 16.9 Å². The zero-order valence-electron chi connectivity index (χ0n) is 18.0. The second-order valence-electron chi connectivity index (χ2n) is 7.62. The molecule has 33 heavy (non-hydrogen) atoms. The zero-order chi connectivity index (χ0) is 22.9. The van der Waals surface area contributed by atoms with Crippen LogP contribution in [0.3, 0.4) is 0 Å². The largest absolute Gasteiger partial charge is 0.292 e. The molecule has 3 aromatic heterocycles. The lowest BCUT2D eigenvalue weighted by molar-refractivity contribution is -0.115. The van der Waals surface area contributed by atoms with Gasteiger partial charge in [0.15, 0.2) is 10.8 Å². The van der Waals surface area contributed by atoms with Gasteiger partial charge in [-0.1, -0.05) is 35.9 Å². The van der Waals surface area contributed by atoms with Crippen LogP contribution in [-0.4, -0.2) is 30.2 Å². The van der Waals surface area contributed by atoms with Gasteiger partial charge in [0.1, 0.15) is 11.7 Å². The Hall–Kier alpha value is -4.11. The summed E-state index contributed by atoms with van der Waals surface area (Å²) in [5.41, 5.74) is 3.68. The van der Waals surface area contributed by atoms with Gasteiger partial charge >= 0.3 is 0 Å². The molecule has 0 aliphatic carbocycles. The molecule has 0 bridgehead atoms. The number of aryl methyl sites for hydroxylation is 1. The average molecular weight is 457 g/mol. The predicted molar refractivity (Wildman–Crippen MR) is 128 cm³/mol. The van der Waals surface area contributed by atoms with Crippen LogP contribution in [0.5, 0.6) is 0 Å². The number of hydrogen-bond acceptors (Lipinski definition) is 6. The summed E-state index contributed by atoms with van der Waals surface area (Å²) in [6, 6.07) is 17.2. The van der Waals surface area contributed by atoms with Crippen molar-refractivity contribution >= 4 is 39.1 Å². The van der Waals surface area contributed by atoms with Crippen LogP contribution in [0.4, 0.5) is 10.8 Å². The number of amides is 1. The molecule has 0 spiro atoms. The minimum Gasteiger partial charge on any atom is -0.292 e. The van der Waals surface area contributed by atoms with Crippen molar-refractivity contribution in [3.05, 3.63) is 94.1 Å². The number of para-hydroxylation sites is 1. The quantitative estimate of drug-likeness (QED) is 0.398. The monoisotopic (exact) mass is 456 g/mol. The smallest absolute Gasteiger partial charge is 0.264 e. The first-order valence-electron chi connectivity index (χ1n) is 10.3. The van der Waals surface area contributed by atoms with Gasteiger partial charge in [0.25, 0.3) is 5.56 Å². The minimum atomic E-state index is -0.196. The van der Waals surface area contributed by atoms with E-state index in [4.69, 9.17) is 0 Å². The van der Waals surface area contributed by atoms with Crippen molar-refractivity contribution in [2.24, 2.45) is 0 Å². The molecule has 5 aromatic rings. The van der Waals surface area contributed by atoms with Crippen LogP contribution in [0.1, 0.15) is 18.2 Å². The predicted octanol–water partition coefficient (Wildman–Crippen LogP) is 4.08. The third-order valence-corrected chi connectivity index (χ3v) is 6.10. The summed E-state index contributed by atoms with van der Waals surface area (Å²) < 4.78 is 3.15. The normalized spacial score (nSPS) is 11.1. The Morgan fingerprint density at radius 3 is 2.58 bits per heavy atom. The summed E-state index contributed by atoms with van der Waals surface area (Å²) >= 11 is 1.36. The standard InChI is InChI=1S/C24H20N6O2S/c1-16-8-10-19(11-9-16)29(17(2)31)24-27-18(14-33-24)13-28-15-25-22-21(23(28)32)12-26-30(22)20-6-4-3-5-7-20/h3-12,14-15H,13H2,1-2H3. The van der Waals surface area contributed by atoms with E-state index in [1.165, 1.54) is 35.4 Å². The van der Waals surface area contributed by atoms with Gasteiger partial charge in [0, 0.05) is 12.3 Å². The number of rotatable bonds is 5. The molecule has 164 valence electrons. The highest BCUT2D eigenvalue weighted by molar-refractivity contribution is 7.14. The summed E-state index contributed by atoms with van der Waals surface area (Å²) in [7, 11) is 0. The van der Waals surface area contributed by atoms with E-state index in [1.54, 1.807) is 9.58 Å². The summed E-state index contributed by atoms with van der Waals surface area (Å²) in [4.78, 5) is 36.1. The van der Waals surface area contributed by atoms with Crippen molar-refractivity contribution in [3.8, 4) is 5.69 Å². The first kappa shape index (κ1) is 20.8. The summed E-state index contributed by atoms with van der Waals surface area (Å²) in [5, 5.41) is 7.18. The first-order valence-corrected chi connectivity index (χ1v) is 11.2. The molecule has 0 unspecified atom stereocenters. The molecule has 0 saturated carbocycles. The van der Waals surface area contributed by atoms with Crippen LogP contribution >= 0.6 is 11.3 Å².